The number of unbranched alkanes of at least 4 members (excludes halogenated alkanes) is 1. The number of benzene rings is 2. The van der Waals surface area contributed by atoms with Crippen LogP contribution in [0.1, 0.15) is 55.5 Å². The first-order chi connectivity index (χ1) is 15.5. The van der Waals surface area contributed by atoms with E-state index in [9.17, 15) is 14.4 Å². The molecule has 6 nitrogen and oxygen atoms in total. The van der Waals surface area contributed by atoms with E-state index in [1.54, 1.807) is 29.2 Å². The van der Waals surface area contributed by atoms with Gasteiger partial charge in [-0.05, 0) is 56.0 Å². The topological polar surface area (TPSA) is 78.5 Å². The normalized spacial score (nSPS) is 16.6. The summed E-state index contributed by atoms with van der Waals surface area (Å²) in [5.41, 5.74) is 2.44. The number of amides is 3. The number of aryl methyl sites for hydroxylation is 1. The van der Waals surface area contributed by atoms with Crippen LogP contribution in [0.2, 0.25) is 0 Å². The number of likely N-dealkylation sites (tertiary alicyclic amines) is 1. The molecular weight excluding hydrogens is 402 g/mol. The van der Waals surface area contributed by atoms with Crippen LogP contribution >= 0.6 is 0 Å². The standard InChI is InChI=1S/C26H33N3O3/c1-3-4-16-29-18-22(17-24(29)30)26(32)28-23-14-12-21(13-15-23)25(31)27-19(2)10-11-20-8-6-5-7-9-20/h5-9,12-15,19,22H,3-4,10-11,16-18H2,1-2H3,(H,27,31)(H,28,32). The van der Waals surface area contributed by atoms with Crippen LogP contribution in [0.25, 0.3) is 0 Å². The fourth-order valence-electron chi connectivity index (χ4n) is 3.87. The Labute approximate surface area is 190 Å². The summed E-state index contributed by atoms with van der Waals surface area (Å²) in [5, 5.41) is 5.91. The van der Waals surface area contributed by atoms with Gasteiger partial charge in [-0.15, -0.1) is 0 Å². The summed E-state index contributed by atoms with van der Waals surface area (Å²) in [6, 6.07) is 17.1. The highest BCUT2D eigenvalue weighted by Crippen LogP contribution is 2.21. The maximum absolute atomic E-state index is 12.6. The molecule has 32 heavy (non-hydrogen) atoms. The van der Waals surface area contributed by atoms with Crippen LogP contribution < -0.4 is 10.6 Å². The zero-order chi connectivity index (χ0) is 22.9. The Morgan fingerprint density at radius 3 is 2.50 bits per heavy atom. The molecule has 2 aromatic rings. The molecule has 0 bridgehead atoms. The summed E-state index contributed by atoms with van der Waals surface area (Å²) in [6.45, 7) is 5.28. The second-order valence-corrected chi connectivity index (χ2v) is 8.56. The third-order valence-electron chi connectivity index (χ3n) is 5.87. The van der Waals surface area contributed by atoms with E-state index in [-0.39, 0.29) is 36.1 Å². The summed E-state index contributed by atoms with van der Waals surface area (Å²) in [4.78, 5) is 39.0. The number of carbonyl (C=O) groups excluding carboxylic acids is 3. The van der Waals surface area contributed by atoms with Gasteiger partial charge in [-0.1, -0.05) is 43.7 Å². The van der Waals surface area contributed by atoms with Gasteiger partial charge in [-0.25, -0.2) is 0 Å². The average Bonchev–Trinajstić information content (AvgIpc) is 3.18. The number of rotatable bonds is 10. The number of nitrogens with one attached hydrogen (secondary N) is 2. The quantitative estimate of drug-likeness (QED) is 0.592. The molecule has 1 fully saturated rings. The molecule has 1 aliphatic heterocycles. The second kappa shape index (κ2) is 11.5. The van der Waals surface area contributed by atoms with Crippen LogP contribution in [0.15, 0.2) is 54.6 Å². The van der Waals surface area contributed by atoms with Crippen molar-refractivity contribution in [3.8, 4) is 0 Å². The molecule has 1 aliphatic rings. The Balaban J connectivity index is 1.46. The minimum atomic E-state index is -0.326. The van der Waals surface area contributed by atoms with Crippen LogP contribution in [-0.2, 0) is 16.0 Å². The van der Waals surface area contributed by atoms with E-state index in [1.807, 2.05) is 25.1 Å². The lowest BCUT2D eigenvalue weighted by molar-refractivity contribution is -0.128. The molecule has 2 unspecified atom stereocenters. The first-order valence-corrected chi connectivity index (χ1v) is 11.5. The van der Waals surface area contributed by atoms with Gasteiger partial charge in [0, 0.05) is 36.8 Å². The van der Waals surface area contributed by atoms with E-state index < -0.39 is 0 Å². The zero-order valence-corrected chi connectivity index (χ0v) is 19.0. The lowest BCUT2D eigenvalue weighted by Crippen LogP contribution is -2.32. The van der Waals surface area contributed by atoms with Crippen LogP contribution in [0, 0.1) is 5.92 Å². The van der Waals surface area contributed by atoms with Crippen LogP contribution in [-0.4, -0.2) is 41.8 Å². The largest absolute Gasteiger partial charge is 0.350 e. The van der Waals surface area contributed by atoms with Crippen molar-refractivity contribution in [2.45, 2.75) is 52.0 Å². The van der Waals surface area contributed by atoms with Gasteiger partial charge in [0.05, 0.1) is 5.92 Å². The van der Waals surface area contributed by atoms with Gasteiger partial charge in [-0.2, -0.15) is 0 Å². The summed E-state index contributed by atoms with van der Waals surface area (Å²) in [6.07, 6.45) is 4.00. The predicted octanol–water partition coefficient (Wildman–Crippen LogP) is 4.02. The van der Waals surface area contributed by atoms with Crippen LogP contribution in [0.5, 0.6) is 0 Å². The number of anilines is 1. The first kappa shape index (κ1) is 23.5. The van der Waals surface area contributed by atoms with Crippen molar-refractivity contribution < 1.29 is 14.4 Å². The van der Waals surface area contributed by atoms with Crippen LogP contribution in [0.3, 0.4) is 0 Å². The third-order valence-corrected chi connectivity index (χ3v) is 5.87. The average molecular weight is 436 g/mol. The number of hydrogen-bond donors (Lipinski definition) is 2. The molecule has 2 N–H and O–H groups in total. The summed E-state index contributed by atoms with van der Waals surface area (Å²) in [5.74, 6) is -0.555. The van der Waals surface area contributed by atoms with Gasteiger partial charge in [-0.3, -0.25) is 14.4 Å². The minimum absolute atomic E-state index is 0.0482. The molecule has 0 saturated carbocycles. The highest BCUT2D eigenvalue weighted by Gasteiger charge is 2.33. The van der Waals surface area contributed by atoms with E-state index in [0.29, 0.717) is 24.3 Å². The van der Waals surface area contributed by atoms with Gasteiger partial charge in [0.15, 0.2) is 0 Å². The molecule has 170 valence electrons. The van der Waals surface area contributed by atoms with E-state index in [2.05, 4.69) is 29.7 Å². The van der Waals surface area contributed by atoms with Gasteiger partial charge in [0.1, 0.15) is 0 Å². The fourth-order valence-corrected chi connectivity index (χ4v) is 3.87. The van der Waals surface area contributed by atoms with Gasteiger partial charge < -0.3 is 15.5 Å². The van der Waals surface area contributed by atoms with Crippen LogP contribution in [0.4, 0.5) is 5.69 Å². The molecule has 2 aromatic carbocycles. The molecule has 0 radical (unpaired) electrons. The van der Waals surface area contributed by atoms with Crippen molar-refractivity contribution in [2.24, 2.45) is 5.92 Å². The number of carbonyl (C=O) groups is 3. The molecule has 1 heterocycles. The van der Waals surface area contributed by atoms with E-state index in [4.69, 9.17) is 0 Å². The maximum atomic E-state index is 12.6. The second-order valence-electron chi connectivity index (χ2n) is 8.56. The Hall–Kier alpha value is -3.15. The van der Waals surface area contributed by atoms with Crippen molar-refractivity contribution >= 4 is 23.4 Å². The Bertz CT molecular complexity index is 912. The van der Waals surface area contributed by atoms with Crippen molar-refractivity contribution in [3.63, 3.8) is 0 Å². The highest BCUT2D eigenvalue weighted by molar-refractivity contribution is 5.98. The third kappa shape index (κ3) is 6.67. The Morgan fingerprint density at radius 2 is 1.81 bits per heavy atom. The molecular formula is C26H33N3O3. The van der Waals surface area contributed by atoms with E-state index in [0.717, 1.165) is 25.7 Å². The predicted molar refractivity (Wildman–Crippen MR) is 126 cm³/mol. The first-order valence-electron chi connectivity index (χ1n) is 11.5. The van der Waals surface area contributed by atoms with Crippen molar-refractivity contribution in [3.05, 3.63) is 65.7 Å². The molecule has 0 aliphatic carbocycles. The Kier molecular flexibility index (Phi) is 8.42. The molecule has 2 atom stereocenters. The van der Waals surface area contributed by atoms with E-state index >= 15 is 0 Å². The molecule has 3 rings (SSSR count). The van der Waals surface area contributed by atoms with E-state index in [1.165, 1.54) is 5.56 Å². The molecule has 3 amide bonds. The van der Waals surface area contributed by atoms with Crippen molar-refractivity contribution in [1.82, 2.24) is 10.2 Å². The Morgan fingerprint density at radius 1 is 1.09 bits per heavy atom. The molecule has 1 saturated heterocycles. The molecule has 6 heteroatoms. The lowest BCUT2D eigenvalue weighted by Gasteiger charge is -2.16. The summed E-state index contributed by atoms with van der Waals surface area (Å²) >= 11 is 0. The maximum Gasteiger partial charge on any atom is 0.251 e. The monoisotopic (exact) mass is 435 g/mol. The smallest absolute Gasteiger partial charge is 0.251 e. The molecule has 0 aromatic heterocycles. The van der Waals surface area contributed by atoms with Gasteiger partial charge in [0.2, 0.25) is 11.8 Å². The number of hydrogen-bond acceptors (Lipinski definition) is 3. The van der Waals surface area contributed by atoms with Crippen molar-refractivity contribution in [2.75, 3.05) is 18.4 Å². The lowest BCUT2D eigenvalue weighted by atomic mass is 10.1. The zero-order valence-electron chi connectivity index (χ0n) is 19.0. The number of nitrogens with zero attached hydrogens (tertiary/aromatic N) is 1. The fraction of sp³-hybridized carbons (Fsp3) is 0.423. The SMILES string of the molecule is CCCCN1CC(C(=O)Nc2ccc(C(=O)NC(C)CCc3ccccc3)cc2)CC1=O. The minimum Gasteiger partial charge on any atom is -0.350 e. The van der Waals surface area contributed by atoms with Gasteiger partial charge >= 0.3 is 0 Å². The van der Waals surface area contributed by atoms with Gasteiger partial charge in [0.25, 0.3) is 5.91 Å². The molecule has 0 spiro atoms. The van der Waals surface area contributed by atoms with Crippen molar-refractivity contribution in [1.29, 1.82) is 0 Å². The highest BCUT2D eigenvalue weighted by atomic mass is 16.2. The summed E-state index contributed by atoms with van der Waals surface area (Å²) < 4.78 is 0. The summed E-state index contributed by atoms with van der Waals surface area (Å²) in [7, 11) is 0.